The zero-order valence-corrected chi connectivity index (χ0v) is 10.6. The zero-order valence-electron chi connectivity index (χ0n) is 10.6. The Labute approximate surface area is 111 Å². The number of anilines is 2. The molecule has 5 nitrogen and oxygen atoms in total. The van der Waals surface area contributed by atoms with Crippen molar-refractivity contribution in [2.75, 3.05) is 24.3 Å². The van der Waals surface area contributed by atoms with Gasteiger partial charge in [-0.25, -0.2) is 4.79 Å². The molecule has 0 saturated carbocycles. The number of nitrogens with zero attached hydrogens (tertiary/aromatic N) is 1. The number of terminal acetylenes is 1. The van der Waals surface area contributed by atoms with E-state index in [0.29, 0.717) is 29.9 Å². The molecule has 5 heteroatoms. The molecule has 1 heterocycles. The average Bonchev–Trinajstić information content (AvgIpc) is 2.79. The van der Waals surface area contributed by atoms with Crippen molar-refractivity contribution in [2.24, 2.45) is 5.92 Å². The van der Waals surface area contributed by atoms with E-state index in [-0.39, 0.29) is 11.8 Å². The smallest absolute Gasteiger partial charge is 0.337 e. The van der Waals surface area contributed by atoms with Crippen molar-refractivity contribution in [1.82, 2.24) is 0 Å². The number of carbonyl (C=O) groups is 2. The summed E-state index contributed by atoms with van der Waals surface area (Å²) in [4.78, 5) is 24.9. The van der Waals surface area contributed by atoms with Gasteiger partial charge in [-0.1, -0.05) is 0 Å². The summed E-state index contributed by atoms with van der Waals surface area (Å²) in [6.45, 7) is 0.421. The van der Waals surface area contributed by atoms with E-state index in [1.165, 1.54) is 12.0 Å². The maximum absolute atomic E-state index is 11.9. The first-order valence-electron chi connectivity index (χ1n) is 5.81. The molecular formula is C14H14N2O3. The minimum Gasteiger partial charge on any atom is -0.465 e. The van der Waals surface area contributed by atoms with Gasteiger partial charge in [0.2, 0.25) is 5.91 Å². The Morgan fingerprint density at radius 2 is 2.32 bits per heavy atom. The van der Waals surface area contributed by atoms with E-state index < -0.39 is 5.97 Å². The lowest BCUT2D eigenvalue weighted by Gasteiger charge is -2.18. The predicted molar refractivity (Wildman–Crippen MR) is 71.5 cm³/mol. The van der Waals surface area contributed by atoms with Crippen LogP contribution in [0.25, 0.3) is 0 Å². The predicted octanol–water partition coefficient (Wildman–Crippen LogP) is 1.04. The third kappa shape index (κ3) is 2.38. The van der Waals surface area contributed by atoms with Crippen LogP contribution >= 0.6 is 0 Å². The second kappa shape index (κ2) is 5.02. The van der Waals surface area contributed by atoms with Crippen LogP contribution in [-0.2, 0) is 9.53 Å². The molecule has 1 aromatic rings. The first-order chi connectivity index (χ1) is 9.06. The second-order valence-electron chi connectivity index (χ2n) is 4.34. The van der Waals surface area contributed by atoms with Crippen LogP contribution in [-0.4, -0.2) is 25.5 Å². The number of amides is 1. The highest BCUT2D eigenvalue weighted by Gasteiger charge is 2.30. The van der Waals surface area contributed by atoms with Gasteiger partial charge < -0.3 is 15.4 Å². The van der Waals surface area contributed by atoms with Gasteiger partial charge in [0, 0.05) is 18.9 Å². The molecule has 0 aromatic heterocycles. The molecule has 0 bridgehead atoms. The highest BCUT2D eigenvalue weighted by atomic mass is 16.5. The van der Waals surface area contributed by atoms with Gasteiger partial charge in [0.15, 0.2) is 0 Å². The summed E-state index contributed by atoms with van der Waals surface area (Å²) >= 11 is 0. The molecule has 0 aliphatic carbocycles. The molecule has 0 radical (unpaired) electrons. The fourth-order valence-corrected chi connectivity index (χ4v) is 2.07. The van der Waals surface area contributed by atoms with Gasteiger partial charge in [-0.2, -0.15) is 0 Å². The largest absolute Gasteiger partial charge is 0.465 e. The van der Waals surface area contributed by atoms with Gasteiger partial charge in [0.1, 0.15) is 0 Å². The molecule has 1 aliphatic heterocycles. The lowest BCUT2D eigenvalue weighted by molar-refractivity contribution is -0.117. The van der Waals surface area contributed by atoms with E-state index in [1.807, 2.05) is 0 Å². The van der Waals surface area contributed by atoms with Gasteiger partial charge in [-0.3, -0.25) is 4.79 Å². The van der Waals surface area contributed by atoms with E-state index in [9.17, 15) is 9.59 Å². The molecule has 1 aliphatic rings. The standard InChI is InChI=1S/C14H14N2O3/c1-3-9-6-13(17)16(8-9)12-7-10(14(18)19-2)4-5-11(12)15/h1,4-5,7,9H,6,8,15H2,2H3. The highest BCUT2D eigenvalue weighted by Crippen LogP contribution is 2.30. The third-order valence-electron chi connectivity index (χ3n) is 3.10. The van der Waals surface area contributed by atoms with Gasteiger partial charge in [0.25, 0.3) is 0 Å². The van der Waals surface area contributed by atoms with Crippen LogP contribution in [0.15, 0.2) is 18.2 Å². The van der Waals surface area contributed by atoms with Gasteiger partial charge in [-0.05, 0) is 18.2 Å². The van der Waals surface area contributed by atoms with E-state index in [1.54, 1.807) is 18.2 Å². The third-order valence-corrected chi connectivity index (χ3v) is 3.10. The van der Waals surface area contributed by atoms with Crippen molar-refractivity contribution in [1.29, 1.82) is 0 Å². The van der Waals surface area contributed by atoms with Crippen LogP contribution in [0.4, 0.5) is 11.4 Å². The first kappa shape index (κ1) is 13.0. The monoisotopic (exact) mass is 258 g/mol. The van der Waals surface area contributed by atoms with Crippen molar-refractivity contribution in [2.45, 2.75) is 6.42 Å². The minimum atomic E-state index is -0.471. The molecule has 2 N–H and O–H groups in total. The maximum Gasteiger partial charge on any atom is 0.337 e. The molecule has 0 spiro atoms. The molecule has 1 unspecified atom stereocenters. The molecular weight excluding hydrogens is 244 g/mol. The van der Waals surface area contributed by atoms with Crippen molar-refractivity contribution in [3.05, 3.63) is 23.8 Å². The van der Waals surface area contributed by atoms with E-state index in [4.69, 9.17) is 12.2 Å². The zero-order chi connectivity index (χ0) is 14.0. The quantitative estimate of drug-likeness (QED) is 0.489. The van der Waals surface area contributed by atoms with Crippen molar-refractivity contribution in [3.63, 3.8) is 0 Å². The Balaban J connectivity index is 2.37. The fraction of sp³-hybridized carbons (Fsp3) is 0.286. The fourth-order valence-electron chi connectivity index (χ4n) is 2.07. The average molecular weight is 258 g/mol. The molecule has 1 fully saturated rings. The molecule has 98 valence electrons. The number of rotatable bonds is 2. The van der Waals surface area contributed by atoms with Crippen molar-refractivity contribution < 1.29 is 14.3 Å². The Bertz CT molecular complexity index is 575. The number of hydrogen-bond acceptors (Lipinski definition) is 4. The summed E-state index contributed by atoms with van der Waals surface area (Å²) < 4.78 is 4.65. The number of benzene rings is 1. The lowest BCUT2D eigenvalue weighted by Crippen LogP contribution is -2.25. The molecule has 2 rings (SSSR count). The van der Waals surface area contributed by atoms with Gasteiger partial charge in [-0.15, -0.1) is 12.3 Å². The first-order valence-corrected chi connectivity index (χ1v) is 5.81. The van der Waals surface area contributed by atoms with Crippen LogP contribution < -0.4 is 10.6 Å². The summed E-state index contributed by atoms with van der Waals surface area (Å²) in [5.74, 6) is 1.89. The van der Waals surface area contributed by atoms with Gasteiger partial charge >= 0.3 is 5.97 Å². The van der Waals surface area contributed by atoms with Crippen LogP contribution in [0.1, 0.15) is 16.8 Å². The van der Waals surface area contributed by atoms with E-state index >= 15 is 0 Å². The van der Waals surface area contributed by atoms with E-state index in [2.05, 4.69) is 10.7 Å². The number of methoxy groups -OCH3 is 1. The number of nitrogens with two attached hydrogens (primary N) is 1. The summed E-state index contributed by atoms with van der Waals surface area (Å²) in [5.41, 5.74) is 7.15. The Morgan fingerprint density at radius 1 is 1.58 bits per heavy atom. The summed E-state index contributed by atoms with van der Waals surface area (Å²) in [5, 5.41) is 0. The normalized spacial score (nSPS) is 18.2. The number of carbonyl (C=O) groups excluding carboxylic acids is 2. The SMILES string of the molecule is C#CC1CC(=O)N(c2cc(C(=O)OC)ccc2N)C1. The number of nitrogen functional groups attached to an aromatic ring is 1. The Morgan fingerprint density at radius 3 is 2.89 bits per heavy atom. The number of hydrogen-bond donors (Lipinski definition) is 1. The lowest BCUT2D eigenvalue weighted by atomic mass is 10.1. The Kier molecular flexibility index (Phi) is 3.43. The maximum atomic E-state index is 11.9. The highest BCUT2D eigenvalue weighted by molar-refractivity contribution is 6.01. The summed E-state index contributed by atoms with van der Waals surface area (Å²) in [6, 6.07) is 4.69. The van der Waals surface area contributed by atoms with Crippen LogP contribution in [0.3, 0.4) is 0 Å². The summed E-state index contributed by atoms with van der Waals surface area (Å²) in [6.07, 6.45) is 5.64. The number of esters is 1. The molecule has 1 amide bonds. The summed E-state index contributed by atoms with van der Waals surface area (Å²) in [7, 11) is 1.30. The van der Waals surface area contributed by atoms with Gasteiger partial charge in [0.05, 0.1) is 24.0 Å². The van der Waals surface area contributed by atoms with Crippen LogP contribution in [0.5, 0.6) is 0 Å². The topological polar surface area (TPSA) is 72.6 Å². The van der Waals surface area contributed by atoms with Crippen LogP contribution in [0.2, 0.25) is 0 Å². The number of ether oxygens (including phenoxy) is 1. The molecule has 1 atom stereocenters. The molecule has 19 heavy (non-hydrogen) atoms. The van der Waals surface area contributed by atoms with Crippen molar-refractivity contribution in [3.8, 4) is 12.3 Å². The second-order valence-corrected chi connectivity index (χ2v) is 4.34. The van der Waals surface area contributed by atoms with Crippen LogP contribution in [0, 0.1) is 18.3 Å². The van der Waals surface area contributed by atoms with E-state index in [0.717, 1.165) is 0 Å². The van der Waals surface area contributed by atoms with Crippen molar-refractivity contribution >= 4 is 23.3 Å². The minimum absolute atomic E-state index is 0.0864. The molecule has 1 aromatic carbocycles. The Hall–Kier alpha value is -2.48. The molecule has 1 saturated heterocycles.